The van der Waals surface area contributed by atoms with Gasteiger partial charge in [0, 0.05) is 11.6 Å². The first kappa shape index (κ1) is 11.9. The molecule has 2 heterocycles. The quantitative estimate of drug-likeness (QED) is 0.932. The van der Waals surface area contributed by atoms with Crippen LogP contribution in [0, 0.1) is 0 Å². The Morgan fingerprint density at radius 2 is 2.25 bits per heavy atom. The second kappa shape index (κ2) is 4.76. The molecule has 5 nitrogen and oxygen atoms in total. The first-order valence-corrected chi connectivity index (χ1v) is 7.63. The predicted octanol–water partition coefficient (Wildman–Crippen LogP) is 1.73. The highest BCUT2D eigenvalue weighted by Crippen LogP contribution is 2.22. The zero-order valence-electron chi connectivity index (χ0n) is 7.75. The topological polar surface area (TPSA) is 72.0 Å². The van der Waals surface area contributed by atoms with Crippen LogP contribution in [0.15, 0.2) is 22.0 Å². The van der Waals surface area contributed by atoms with Crippen LogP contribution in [0.5, 0.6) is 0 Å². The fraction of sp³-hybridized carbons (Fsp3) is 0.143. The molecule has 86 valence electrons. The second-order valence-corrected chi connectivity index (χ2v) is 7.27. The molecule has 0 amide bonds. The Labute approximate surface area is 105 Å². The first-order chi connectivity index (χ1) is 7.58. The number of halogens is 1. The number of thiazole rings is 2. The number of rotatable bonds is 4. The maximum Gasteiger partial charge on any atom is 0.252 e. The van der Waals surface area contributed by atoms with Crippen LogP contribution in [0.25, 0.3) is 0 Å². The molecule has 0 radical (unpaired) electrons. The van der Waals surface area contributed by atoms with Crippen molar-refractivity contribution in [2.45, 2.75) is 10.8 Å². The van der Waals surface area contributed by atoms with Gasteiger partial charge in [0.2, 0.25) is 0 Å². The molecule has 0 aliphatic rings. The molecule has 0 aromatic carbocycles. The second-order valence-electron chi connectivity index (χ2n) is 2.68. The summed E-state index contributed by atoms with van der Waals surface area (Å²) in [7, 11) is -3.53. The van der Waals surface area contributed by atoms with Gasteiger partial charge in [-0.1, -0.05) is 22.9 Å². The summed E-state index contributed by atoms with van der Waals surface area (Å²) in [6.07, 6.45) is 2.86. The summed E-state index contributed by atoms with van der Waals surface area (Å²) in [5.41, 5.74) is 0. The molecule has 0 spiro atoms. The Kier molecular flexibility index (Phi) is 3.55. The number of sulfonamides is 1. The fourth-order valence-electron chi connectivity index (χ4n) is 0.932. The van der Waals surface area contributed by atoms with Gasteiger partial charge < -0.3 is 0 Å². The van der Waals surface area contributed by atoms with Gasteiger partial charge in [0.25, 0.3) is 10.0 Å². The van der Waals surface area contributed by atoms with Crippen LogP contribution < -0.4 is 4.72 Å². The Morgan fingerprint density at radius 3 is 2.81 bits per heavy atom. The van der Waals surface area contributed by atoms with E-state index in [4.69, 9.17) is 11.6 Å². The highest BCUT2D eigenvalue weighted by atomic mass is 35.5. The highest BCUT2D eigenvalue weighted by molar-refractivity contribution is 7.91. The monoisotopic (exact) mass is 295 g/mol. The summed E-state index contributed by atoms with van der Waals surface area (Å²) in [5.74, 6) is 0. The molecule has 2 aromatic rings. The van der Waals surface area contributed by atoms with Gasteiger partial charge in [0.1, 0.15) is 5.01 Å². The van der Waals surface area contributed by atoms with Gasteiger partial charge in [-0.3, -0.25) is 0 Å². The van der Waals surface area contributed by atoms with E-state index in [9.17, 15) is 8.42 Å². The van der Waals surface area contributed by atoms with Gasteiger partial charge in [0.05, 0.1) is 12.7 Å². The molecule has 0 bridgehead atoms. The number of nitrogens with one attached hydrogen (secondary N) is 1. The van der Waals surface area contributed by atoms with Crippen LogP contribution in [0.2, 0.25) is 4.47 Å². The molecule has 0 saturated heterocycles. The van der Waals surface area contributed by atoms with Crippen molar-refractivity contribution in [2.24, 2.45) is 0 Å². The van der Waals surface area contributed by atoms with E-state index in [0.717, 1.165) is 11.3 Å². The molecule has 0 unspecified atom stereocenters. The summed E-state index contributed by atoms with van der Waals surface area (Å²) < 4.78 is 26.2. The summed E-state index contributed by atoms with van der Waals surface area (Å²) >= 11 is 7.88. The third-order valence-electron chi connectivity index (χ3n) is 1.62. The molecule has 2 aromatic heterocycles. The molecule has 16 heavy (non-hydrogen) atoms. The van der Waals surface area contributed by atoms with Gasteiger partial charge in [0.15, 0.2) is 8.68 Å². The molecule has 1 N–H and O–H groups in total. The van der Waals surface area contributed by atoms with Crippen LogP contribution >= 0.6 is 34.3 Å². The highest BCUT2D eigenvalue weighted by Gasteiger charge is 2.17. The van der Waals surface area contributed by atoms with Crippen LogP contribution in [-0.2, 0) is 16.6 Å². The Morgan fingerprint density at radius 1 is 1.44 bits per heavy atom. The van der Waals surface area contributed by atoms with Crippen molar-refractivity contribution in [3.05, 3.63) is 27.2 Å². The van der Waals surface area contributed by atoms with E-state index in [1.807, 2.05) is 0 Å². The lowest BCUT2D eigenvalue weighted by molar-refractivity contribution is 0.583. The van der Waals surface area contributed by atoms with Crippen molar-refractivity contribution < 1.29 is 8.42 Å². The van der Waals surface area contributed by atoms with E-state index < -0.39 is 10.0 Å². The van der Waals surface area contributed by atoms with E-state index in [0.29, 0.717) is 5.01 Å². The molecule has 0 fully saturated rings. The van der Waals surface area contributed by atoms with E-state index in [1.54, 1.807) is 11.6 Å². The van der Waals surface area contributed by atoms with Crippen molar-refractivity contribution in [3.8, 4) is 0 Å². The average Bonchev–Trinajstić information content (AvgIpc) is 2.85. The van der Waals surface area contributed by atoms with Crippen LogP contribution in [0.1, 0.15) is 5.01 Å². The van der Waals surface area contributed by atoms with Gasteiger partial charge >= 0.3 is 0 Å². The normalized spacial score (nSPS) is 11.8. The lowest BCUT2D eigenvalue weighted by Gasteiger charge is -2.00. The minimum Gasteiger partial charge on any atom is -0.248 e. The summed E-state index contributed by atoms with van der Waals surface area (Å²) in [5, 5.41) is 2.49. The molecule has 0 aliphatic heterocycles. The zero-order chi connectivity index (χ0) is 11.6. The maximum absolute atomic E-state index is 11.7. The van der Waals surface area contributed by atoms with E-state index in [2.05, 4.69) is 14.7 Å². The van der Waals surface area contributed by atoms with Crippen molar-refractivity contribution in [1.29, 1.82) is 0 Å². The molecular weight excluding hydrogens is 290 g/mol. The molecular formula is C7H6ClN3O2S3. The molecule has 0 atom stereocenters. The van der Waals surface area contributed by atoms with E-state index in [-0.39, 0.29) is 15.2 Å². The molecule has 9 heteroatoms. The SMILES string of the molecule is O=S(=O)(NCc1nccs1)c1cnc(Cl)s1. The third-order valence-corrected chi connectivity index (χ3v) is 5.37. The predicted molar refractivity (Wildman–Crippen MR) is 63.3 cm³/mol. The number of hydrogen-bond acceptors (Lipinski definition) is 6. The van der Waals surface area contributed by atoms with Crippen LogP contribution in [0.3, 0.4) is 0 Å². The Balaban J connectivity index is 2.09. The standard InChI is InChI=1S/C7H6ClN3O2S3/c8-7-10-4-6(15-7)16(12,13)11-3-5-9-1-2-14-5/h1-2,4,11H,3H2. The van der Waals surface area contributed by atoms with E-state index >= 15 is 0 Å². The van der Waals surface area contributed by atoms with Crippen LogP contribution in [-0.4, -0.2) is 18.4 Å². The summed E-state index contributed by atoms with van der Waals surface area (Å²) in [6, 6.07) is 0. The Bertz CT molecular complexity index is 563. The van der Waals surface area contributed by atoms with Crippen molar-refractivity contribution in [1.82, 2.24) is 14.7 Å². The summed E-state index contributed by atoms with van der Waals surface area (Å²) in [4.78, 5) is 7.65. The van der Waals surface area contributed by atoms with Gasteiger partial charge in [-0.15, -0.1) is 11.3 Å². The minimum atomic E-state index is -3.53. The maximum atomic E-state index is 11.7. The lowest BCUT2D eigenvalue weighted by Crippen LogP contribution is -2.22. The largest absolute Gasteiger partial charge is 0.252 e. The molecule has 0 aliphatic carbocycles. The minimum absolute atomic E-state index is 0.106. The van der Waals surface area contributed by atoms with Crippen molar-refractivity contribution in [3.63, 3.8) is 0 Å². The van der Waals surface area contributed by atoms with E-state index in [1.165, 1.54) is 17.5 Å². The summed E-state index contributed by atoms with van der Waals surface area (Å²) in [6.45, 7) is 0.176. The van der Waals surface area contributed by atoms with Crippen molar-refractivity contribution in [2.75, 3.05) is 0 Å². The zero-order valence-corrected chi connectivity index (χ0v) is 11.0. The third kappa shape index (κ3) is 2.77. The number of aromatic nitrogens is 2. The number of nitrogens with zero attached hydrogens (tertiary/aromatic N) is 2. The number of hydrogen-bond donors (Lipinski definition) is 1. The molecule has 0 saturated carbocycles. The van der Waals surface area contributed by atoms with Gasteiger partial charge in [-0.05, 0) is 0 Å². The lowest BCUT2D eigenvalue weighted by atomic mass is 10.7. The fourth-order valence-corrected chi connectivity index (χ4v) is 3.90. The van der Waals surface area contributed by atoms with Crippen LogP contribution in [0.4, 0.5) is 0 Å². The first-order valence-electron chi connectivity index (χ1n) is 4.07. The smallest absolute Gasteiger partial charge is 0.248 e. The Hall–Kier alpha value is -0.540. The van der Waals surface area contributed by atoms with Gasteiger partial charge in [-0.2, -0.15) is 0 Å². The average molecular weight is 296 g/mol. The van der Waals surface area contributed by atoms with Crippen molar-refractivity contribution >= 4 is 44.3 Å². The van der Waals surface area contributed by atoms with Gasteiger partial charge in [-0.25, -0.2) is 23.1 Å². The molecule has 2 rings (SSSR count).